The van der Waals surface area contributed by atoms with Gasteiger partial charge in [-0.1, -0.05) is 0 Å². The van der Waals surface area contributed by atoms with E-state index in [0.29, 0.717) is 6.04 Å². The largest absolute Gasteiger partial charge is 0.302 e. The predicted molar refractivity (Wildman–Crippen MR) is 44.1 cm³/mol. The first-order chi connectivity index (χ1) is 5.16. The normalized spacial score (nSPS) is 28.2. The third-order valence-electron chi connectivity index (χ3n) is 2.17. The average molecular weight is 156 g/mol. The first-order valence-corrected chi connectivity index (χ1v) is 4.11. The molecule has 0 bridgehead atoms. The van der Waals surface area contributed by atoms with E-state index in [2.05, 4.69) is 23.9 Å². The van der Waals surface area contributed by atoms with Gasteiger partial charge in [-0.2, -0.15) is 0 Å². The van der Waals surface area contributed by atoms with E-state index in [1.54, 1.807) is 0 Å². The fourth-order valence-electron chi connectivity index (χ4n) is 1.73. The zero-order chi connectivity index (χ0) is 8.43. The molecule has 1 fully saturated rings. The third-order valence-corrected chi connectivity index (χ3v) is 2.17. The van der Waals surface area contributed by atoms with Crippen molar-refractivity contribution in [1.82, 2.24) is 10.0 Å². The maximum atomic E-state index is 10.6. The molecule has 1 aliphatic rings. The van der Waals surface area contributed by atoms with Crippen molar-refractivity contribution in [2.24, 2.45) is 0 Å². The Morgan fingerprint density at radius 3 is 2.55 bits per heavy atom. The second-order valence-electron chi connectivity index (χ2n) is 3.35. The molecule has 64 valence electrons. The van der Waals surface area contributed by atoms with E-state index in [0.717, 1.165) is 19.3 Å². The highest BCUT2D eigenvalue weighted by Gasteiger charge is 2.30. The molecule has 0 aromatic carbocycles. The van der Waals surface area contributed by atoms with Gasteiger partial charge in [0.25, 0.3) is 0 Å². The minimum Gasteiger partial charge on any atom is -0.302 e. The average Bonchev–Trinajstić information content (AvgIpc) is 2.30. The van der Waals surface area contributed by atoms with Crippen LogP contribution in [0.15, 0.2) is 0 Å². The molecule has 0 amide bonds. The van der Waals surface area contributed by atoms with Crippen LogP contribution in [0.25, 0.3) is 0 Å². The number of aldehydes is 1. The molecular formula is C8H16N2O. The summed E-state index contributed by atoms with van der Waals surface area (Å²) in [5, 5.41) is 4.26. The summed E-state index contributed by atoms with van der Waals surface area (Å²) in [6.07, 6.45) is 2.02. The Balaban J connectivity index is 2.63. The van der Waals surface area contributed by atoms with E-state index in [1.807, 2.05) is 7.05 Å². The van der Waals surface area contributed by atoms with E-state index in [-0.39, 0.29) is 6.04 Å². The van der Waals surface area contributed by atoms with Crippen molar-refractivity contribution < 1.29 is 4.79 Å². The number of hydrogen-bond acceptors (Lipinski definition) is 3. The van der Waals surface area contributed by atoms with E-state index in [4.69, 9.17) is 0 Å². The summed E-state index contributed by atoms with van der Waals surface area (Å²) < 4.78 is 0. The Hall–Kier alpha value is -0.410. The Bertz CT molecular complexity index is 147. The lowest BCUT2D eigenvalue weighted by molar-refractivity contribution is -0.116. The van der Waals surface area contributed by atoms with Gasteiger partial charge in [-0.25, -0.2) is 10.0 Å². The summed E-state index contributed by atoms with van der Waals surface area (Å²) in [6.45, 7) is 5.22. The molecule has 0 aromatic rings. The van der Waals surface area contributed by atoms with Crippen molar-refractivity contribution in [2.45, 2.75) is 32.4 Å². The maximum absolute atomic E-state index is 10.6. The van der Waals surface area contributed by atoms with Crippen molar-refractivity contribution in [3.63, 3.8) is 0 Å². The molecule has 0 radical (unpaired) electrons. The topological polar surface area (TPSA) is 23.6 Å². The fraction of sp³-hybridized carbons (Fsp3) is 0.875. The lowest BCUT2D eigenvalue weighted by atomic mass is 10.2. The van der Waals surface area contributed by atoms with Crippen molar-refractivity contribution in [3.05, 3.63) is 0 Å². The molecule has 0 N–H and O–H groups in total. The van der Waals surface area contributed by atoms with E-state index in [1.165, 1.54) is 0 Å². The molecule has 1 atom stereocenters. The highest BCUT2D eigenvalue weighted by molar-refractivity contribution is 5.58. The smallest absolute Gasteiger partial charge is 0.138 e. The molecule has 0 aromatic heterocycles. The predicted octanol–water partition coefficient (Wildman–Crippen LogP) is 0.515. The third kappa shape index (κ3) is 1.60. The first-order valence-electron chi connectivity index (χ1n) is 4.11. The number of nitrogens with zero attached hydrogens (tertiary/aromatic N) is 2. The summed E-state index contributed by atoms with van der Waals surface area (Å²) in [6, 6.07) is 0.540. The highest BCUT2D eigenvalue weighted by atomic mass is 16.1. The lowest BCUT2D eigenvalue weighted by Crippen LogP contribution is -2.44. The van der Waals surface area contributed by atoms with Crippen molar-refractivity contribution >= 4 is 6.29 Å². The second kappa shape index (κ2) is 3.32. The van der Waals surface area contributed by atoms with Gasteiger partial charge in [-0.15, -0.1) is 0 Å². The van der Waals surface area contributed by atoms with Crippen molar-refractivity contribution in [2.75, 3.05) is 13.6 Å². The van der Waals surface area contributed by atoms with Crippen molar-refractivity contribution in [3.8, 4) is 0 Å². The second-order valence-corrected chi connectivity index (χ2v) is 3.35. The molecule has 1 saturated heterocycles. The Morgan fingerprint density at radius 1 is 1.55 bits per heavy atom. The van der Waals surface area contributed by atoms with Gasteiger partial charge in [0.1, 0.15) is 6.29 Å². The van der Waals surface area contributed by atoms with Crippen LogP contribution in [0, 0.1) is 0 Å². The summed E-state index contributed by atoms with van der Waals surface area (Å²) in [5.74, 6) is 0. The molecular weight excluding hydrogens is 140 g/mol. The standard InChI is InChI=1S/C8H16N2O/c1-7(2)10-8(6-11)4-5-9(10)3/h6-8H,4-5H2,1-3H3. The van der Waals surface area contributed by atoms with Crippen LogP contribution in [0.1, 0.15) is 20.3 Å². The zero-order valence-corrected chi connectivity index (χ0v) is 7.45. The van der Waals surface area contributed by atoms with Crippen molar-refractivity contribution in [1.29, 1.82) is 0 Å². The molecule has 0 aliphatic carbocycles. The summed E-state index contributed by atoms with van der Waals surface area (Å²) in [7, 11) is 2.03. The first kappa shape index (κ1) is 8.68. The van der Waals surface area contributed by atoms with Gasteiger partial charge in [-0.05, 0) is 20.3 Å². The molecule has 1 aliphatic heterocycles. The SMILES string of the molecule is CC(C)N1C(C=O)CCN1C. The molecule has 1 heterocycles. The van der Waals surface area contributed by atoms with E-state index < -0.39 is 0 Å². The maximum Gasteiger partial charge on any atom is 0.138 e. The van der Waals surface area contributed by atoms with Gasteiger partial charge < -0.3 is 4.79 Å². The Labute approximate surface area is 67.9 Å². The molecule has 3 nitrogen and oxygen atoms in total. The van der Waals surface area contributed by atoms with Crippen LogP contribution in [0.2, 0.25) is 0 Å². The van der Waals surface area contributed by atoms with Crippen LogP contribution in [0.4, 0.5) is 0 Å². The van der Waals surface area contributed by atoms with Gasteiger partial charge in [-0.3, -0.25) is 0 Å². The van der Waals surface area contributed by atoms with E-state index >= 15 is 0 Å². The van der Waals surface area contributed by atoms with Crippen LogP contribution >= 0.6 is 0 Å². The zero-order valence-electron chi connectivity index (χ0n) is 7.45. The fourth-order valence-corrected chi connectivity index (χ4v) is 1.73. The van der Waals surface area contributed by atoms with Gasteiger partial charge in [0.15, 0.2) is 0 Å². The van der Waals surface area contributed by atoms with E-state index in [9.17, 15) is 4.79 Å². The Morgan fingerprint density at radius 2 is 2.18 bits per heavy atom. The van der Waals surface area contributed by atoms with Gasteiger partial charge in [0.05, 0.1) is 6.04 Å². The minimum absolute atomic E-state index is 0.111. The summed E-state index contributed by atoms with van der Waals surface area (Å²) in [4.78, 5) is 10.6. The lowest BCUT2D eigenvalue weighted by Gasteiger charge is -2.30. The number of rotatable bonds is 2. The van der Waals surface area contributed by atoms with Crippen LogP contribution in [-0.2, 0) is 4.79 Å². The molecule has 1 unspecified atom stereocenters. The quantitative estimate of drug-likeness (QED) is 0.544. The number of hydrogen-bond donors (Lipinski definition) is 0. The minimum atomic E-state index is 0.111. The monoisotopic (exact) mass is 156 g/mol. The Kier molecular flexibility index (Phi) is 2.62. The van der Waals surface area contributed by atoms with Gasteiger partial charge in [0, 0.05) is 19.6 Å². The summed E-state index contributed by atoms with van der Waals surface area (Å²) >= 11 is 0. The molecule has 1 rings (SSSR count). The summed E-state index contributed by atoms with van der Waals surface area (Å²) in [5.41, 5.74) is 0. The molecule has 11 heavy (non-hydrogen) atoms. The van der Waals surface area contributed by atoms with Gasteiger partial charge in [0.2, 0.25) is 0 Å². The van der Waals surface area contributed by atoms with Gasteiger partial charge >= 0.3 is 0 Å². The number of carbonyl (C=O) groups excluding carboxylic acids is 1. The number of hydrazine groups is 1. The van der Waals surface area contributed by atoms with Crippen LogP contribution in [0.3, 0.4) is 0 Å². The molecule has 0 spiro atoms. The molecule has 0 saturated carbocycles. The molecule has 3 heteroatoms. The number of carbonyl (C=O) groups is 1. The van der Waals surface area contributed by atoms with Crippen LogP contribution in [0.5, 0.6) is 0 Å². The van der Waals surface area contributed by atoms with Crippen LogP contribution < -0.4 is 0 Å². The highest BCUT2D eigenvalue weighted by Crippen LogP contribution is 2.17. The van der Waals surface area contributed by atoms with Crippen LogP contribution in [-0.4, -0.2) is 42.0 Å².